The summed E-state index contributed by atoms with van der Waals surface area (Å²) in [6.07, 6.45) is 5.09. The van der Waals surface area contributed by atoms with Crippen molar-refractivity contribution in [3.8, 4) is 0 Å². The lowest BCUT2D eigenvalue weighted by atomic mass is 9.90. The minimum atomic E-state index is -0.376. The molecular formula is C25H26O4. The highest BCUT2D eigenvalue weighted by molar-refractivity contribution is 5.91. The molecule has 0 amide bonds. The second-order valence-corrected chi connectivity index (χ2v) is 7.49. The van der Waals surface area contributed by atoms with Crippen molar-refractivity contribution in [3.05, 3.63) is 77.1 Å². The van der Waals surface area contributed by atoms with Gasteiger partial charge in [-0.05, 0) is 66.6 Å². The second-order valence-electron chi connectivity index (χ2n) is 7.49. The Labute approximate surface area is 171 Å². The molecule has 3 rings (SSSR count). The fourth-order valence-corrected chi connectivity index (χ4v) is 3.38. The van der Waals surface area contributed by atoms with Crippen molar-refractivity contribution in [2.24, 2.45) is 0 Å². The Morgan fingerprint density at radius 3 is 2.48 bits per heavy atom. The van der Waals surface area contributed by atoms with Crippen LogP contribution in [0.25, 0.3) is 16.8 Å². The number of benzene rings is 2. The maximum Gasteiger partial charge on any atom is 0.338 e. The molecule has 0 unspecified atom stereocenters. The number of esters is 2. The summed E-state index contributed by atoms with van der Waals surface area (Å²) in [5, 5.41) is 2.41. The summed E-state index contributed by atoms with van der Waals surface area (Å²) in [5.41, 5.74) is 4.41. The lowest BCUT2D eigenvalue weighted by Crippen LogP contribution is -2.09. The van der Waals surface area contributed by atoms with E-state index < -0.39 is 0 Å². The fraction of sp³-hybridized carbons (Fsp3) is 0.280. The van der Waals surface area contributed by atoms with E-state index in [9.17, 15) is 9.59 Å². The molecule has 0 atom stereocenters. The maximum atomic E-state index is 11.8. The van der Waals surface area contributed by atoms with Gasteiger partial charge in [-0.2, -0.15) is 0 Å². The summed E-state index contributed by atoms with van der Waals surface area (Å²) in [7, 11) is 0. The summed E-state index contributed by atoms with van der Waals surface area (Å²) < 4.78 is 10.6. The molecule has 0 spiro atoms. The predicted octanol–water partition coefficient (Wildman–Crippen LogP) is 5.30. The highest BCUT2D eigenvalue weighted by Crippen LogP contribution is 2.32. The normalized spacial score (nSPS) is 12.7. The van der Waals surface area contributed by atoms with Crippen LogP contribution in [0.2, 0.25) is 0 Å². The summed E-state index contributed by atoms with van der Waals surface area (Å²) in [4.78, 5) is 23.2. The summed E-state index contributed by atoms with van der Waals surface area (Å²) in [5.74, 6) is -0.0265. The van der Waals surface area contributed by atoms with Crippen LogP contribution in [-0.4, -0.2) is 18.5 Å². The van der Waals surface area contributed by atoms with Crippen molar-refractivity contribution in [1.29, 1.82) is 0 Å². The monoisotopic (exact) mass is 390 g/mol. The Hall–Kier alpha value is -3.14. The van der Waals surface area contributed by atoms with E-state index in [1.165, 1.54) is 21.9 Å². The third-order valence-corrected chi connectivity index (χ3v) is 4.93. The van der Waals surface area contributed by atoms with Gasteiger partial charge in [0.25, 0.3) is 0 Å². The molecule has 4 nitrogen and oxygen atoms in total. The molecule has 0 bridgehead atoms. The van der Waals surface area contributed by atoms with E-state index in [0.717, 1.165) is 24.8 Å². The van der Waals surface area contributed by atoms with E-state index in [-0.39, 0.29) is 11.9 Å². The van der Waals surface area contributed by atoms with Gasteiger partial charge in [-0.15, -0.1) is 0 Å². The van der Waals surface area contributed by atoms with E-state index in [1.807, 2.05) is 6.08 Å². The minimum Gasteiger partial charge on any atom is -0.462 e. The van der Waals surface area contributed by atoms with Crippen molar-refractivity contribution in [1.82, 2.24) is 0 Å². The van der Waals surface area contributed by atoms with Crippen LogP contribution < -0.4 is 0 Å². The number of rotatable bonds is 7. The average Bonchev–Trinajstić information content (AvgIpc) is 2.70. The molecular weight excluding hydrogens is 364 g/mol. The Morgan fingerprint density at radius 2 is 1.76 bits per heavy atom. The van der Waals surface area contributed by atoms with Gasteiger partial charge in [0.1, 0.15) is 5.76 Å². The largest absolute Gasteiger partial charge is 0.462 e. The molecule has 0 N–H and O–H groups in total. The van der Waals surface area contributed by atoms with E-state index in [0.29, 0.717) is 29.9 Å². The third kappa shape index (κ3) is 5.02. The third-order valence-electron chi connectivity index (χ3n) is 4.93. The zero-order valence-corrected chi connectivity index (χ0v) is 17.0. The molecule has 1 aliphatic carbocycles. The van der Waals surface area contributed by atoms with Gasteiger partial charge in [0.15, 0.2) is 0 Å². The first-order chi connectivity index (χ1) is 13.8. The summed E-state index contributed by atoms with van der Waals surface area (Å²) >= 11 is 0. The highest BCUT2D eigenvalue weighted by Gasteiger charge is 2.17. The van der Waals surface area contributed by atoms with Crippen LogP contribution in [-0.2, 0) is 31.9 Å². The van der Waals surface area contributed by atoms with Crippen molar-refractivity contribution in [2.45, 2.75) is 39.5 Å². The number of hydrogen-bond donors (Lipinski definition) is 0. The van der Waals surface area contributed by atoms with Gasteiger partial charge in [-0.25, -0.2) is 9.59 Å². The predicted molar refractivity (Wildman–Crippen MR) is 115 cm³/mol. The van der Waals surface area contributed by atoms with Gasteiger partial charge in [0.2, 0.25) is 0 Å². The number of ether oxygens (including phenoxy) is 2. The number of carbonyl (C=O) groups excluding carboxylic acids is 2. The molecule has 29 heavy (non-hydrogen) atoms. The van der Waals surface area contributed by atoms with E-state index >= 15 is 0 Å². The molecule has 0 saturated carbocycles. The highest BCUT2D eigenvalue weighted by atomic mass is 16.5. The topological polar surface area (TPSA) is 52.6 Å². The van der Waals surface area contributed by atoms with Crippen LogP contribution in [0.3, 0.4) is 0 Å². The maximum absolute atomic E-state index is 11.8. The molecule has 0 saturated heterocycles. The Bertz CT molecular complexity index is 1030. The van der Waals surface area contributed by atoms with Crippen LogP contribution in [0.15, 0.2) is 60.4 Å². The van der Waals surface area contributed by atoms with Gasteiger partial charge in [0.05, 0.1) is 6.61 Å². The molecule has 0 heterocycles. The zero-order chi connectivity index (χ0) is 21.0. The smallest absolute Gasteiger partial charge is 0.338 e. The quantitative estimate of drug-likeness (QED) is 0.366. The first kappa shape index (κ1) is 20.6. The van der Waals surface area contributed by atoms with Crippen LogP contribution in [0.4, 0.5) is 0 Å². The molecule has 0 radical (unpaired) electrons. The molecule has 0 aromatic heterocycles. The van der Waals surface area contributed by atoms with Crippen LogP contribution in [0, 0.1) is 0 Å². The fourth-order valence-electron chi connectivity index (χ4n) is 3.38. The molecule has 0 fully saturated rings. The van der Waals surface area contributed by atoms with E-state index in [1.54, 1.807) is 13.8 Å². The van der Waals surface area contributed by atoms with Gasteiger partial charge in [-0.1, -0.05) is 43.5 Å². The van der Waals surface area contributed by atoms with Crippen LogP contribution in [0.5, 0.6) is 0 Å². The molecule has 150 valence electrons. The number of fused-ring (bicyclic) bond motifs is 3. The molecule has 2 aromatic carbocycles. The Kier molecular flexibility index (Phi) is 6.32. The van der Waals surface area contributed by atoms with Gasteiger partial charge in [0, 0.05) is 17.6 Å². The number of aryl methyl sites for hydroxylation is 2. The zero-order valence-electron chi connectivity index (χ0n) is 17.0. The molecule has 0 aliphatic heterocycles. The number of hydrogen-bond acceptors (Lipinski definition) is 4. The van der Waals surface area contributed by atoms with E-state index in [4.69, 9.17) is 9.47 Å². The Morgan fingerprint density at radius 1 is 1.00 bits per heavy atom. The van der Waals surface area contributed by atoms with Crippen LogP contribution in [0.1, 0.15) is 43.4 Å². The average molecular weight is 390 g/mol. The van der Waals surface area contributed by atoms with Gasteiger partial charge in [-0.3, -0.25) is 0 Å². The first-order valence-electron chi connectivity index (χ1n) is 9.80. The van der Waals surface area contributed by atoms with Crippen molar-refractivity contribution in [2.75, 3.05) is 6.61 Å². The molecule has 2 aromatic rings. The lowest BCUT2D eigenvalue weighted by molar-refractivity contribution is -0.139. The Balaban J connectivity index is 1.70. The summed E-state index contributed by atoms with van der Waals surface area (Å²) in [6.45, 7) is 10.9. The van der Waals surface area contributed by atoms with Gasteiger partial charge >= 0.3 is 11.9 Å². The van der Waals surface area contributed by atoms with Crippen molar-refractivity contribution < 1.29 is 19.1 Å². The first-order valence-corrected chi connectivity index (χ1v) is 9.80. The number of carbonyl (C=O) groups is 2. The molecule has 4 heteroatoms. The SMILES string of the molecule is C=C(C)C(=O)OCCCc1ccc2c3c(ccc2c1)C=C(OC(=O)C(=C)C)CC3. The van der Waals surface area contributed by atoms with Crippen molar-refractivity contribution in [3.63, 3.8) is 0 Å². The number of allylic oxidation sites excluding steroid dienone is 1. The summed E-state index contributed by atoms with van der Waals surface area (Å²) in [6, 6.07) is 10.6. The van der Waals surface area contributed by atoms with E-state index in [2.05, 4.69) is 43.5 Å². The second kappa shape index (κ2) is 8.91. The minimum absolute atomic E-state index is 0.337. The van der Waals surface area contributed by atoms with Crippen LogP contribution >= 0.6 is 0 Å². The molecule has 1 aliphatic rings. The lowest BCUT2D eigenvalue weighted by Gasteiger charge is -2.18. The standard InChI is InChI=1S/C25H26O4/c1-16(2)24(26)28-13-5-6-18-7-11-22-19(14-18)8-9-20-15-21(10-12-23(20)22)29-25(27)17(3)4/h7-9,11,14-15H,1,3,5-6,10,12-13H2,2,4H3. The van der Waals surface area contributed by atoms with Gasteiger partial charge < -0.3 is 9.47 Å². The van der Waals surface area contributed by atoms with Crippen molar-refractivity contribution >= 4 is 28.8 Å².